The van der Waals surface area contributed by atoms with Gasteiger partial charge in [-0.1, -0.05) is 28.1 Å². The highest BCUT2D eigenvalue weighted by Crippen LogP contribution is 2.30. The molecule has 1 amide bonds. The molecule has 1 heterocycles. The highest BCUT2D eigenvalue weighted by atomic mass is 79.9. The summed E-state index contributed by atoms with van der Waals surface area (Å²) in [5, 5.41) is 3.04. The number of piperidine rings is 1. The summed E-state index contributed by atoms with van der Waals surface area (Å²) in [5.41, 5.74) is 1.56. The zero-order valence-electron chi connectivity index (χ0n) is 18.5. The Bertz CT molecular complexity index is 1050. The first kappa shape index (κ1) is 24.5. The molecule has 2 aromatic carbocycles. The molecule has 0 bridgehead atoms. The Kier molecular flexibility index (Phi) is 8.19. The molecule has 0 spiro atoms. The highest BCUT2D eigenvalue weighted by Gasteiger charge is 2.32. The first-order valence-electron chi connectivity index (χ1n) is 10.5. The Labute approximate surface area is 198 Å². The Balaban J connectivity index is 1.58. The van der Waals surface area contributed by atoms with Gasteiger partial charge in [-0.2, -0.15) is 0 Å². The van der Waals surface area contributed by atoms with E-state index < -0.39 is 10.0 Å². The lowest BCUT2D eigenvalue weighted by Gasteiger charge is -2.31. The van der Waals surface area contributed by atoms with E-state index in [0.29, 0.717) is 37.4 Å². The van der Waals surface area contributed by atoms with Crippen molar-refractivity contribution in [2.24, 2.45) is 5.92 Å². The van der Waals surface area contributed by atoms with Gasteiger partial charge in [-0.25, -0.2) is 12.7 Å². The first-order valence-corrected chi connectivity index (χ1v) is 12.9. The molecule has 1 atom stereocenters. The van der Waals surface area contributed by atoms with Gasteiger partial charge in [0.2, 0.25) is 15.9 Å². The Morgan fingerprint density at radius 1 is 1.16 bits per heavy atom. The van der Waals surface area contributed by atoms with Gasteiger partial charge >= 0.3 is 0 Å². The molecule has 2 aromatic rings. The van der Waals surface area contributed by atoms with Crippen LogP contribution in [0.5, 0.6) is 11.5 Å². The van der Waals surface area contributed by atoms with E-state index in [9.17, 15) is 13.2 Å². The normalized spacial score (nSPS) is 16.4. The summed E-state index contributed by atoms with van der Waals surface area (Å²) in [6.45, 7) is 2.57. The molecule has 1 fully saturated rings. The van der Waals surface area contributed by atoms with Crippen LogP contribution >= 0.6 is 15.9 Å². The molecule has 1 aliphatic heterocycles. The van der Waals surface area contributed by atoms with Crippen LogP contribution in [-0.2, 0) is 20.6 Å². The minimum absolute atomic E-state index is 0.0457. The van der Waals surface area contributed by atoms with E-state index in [1.54, 1.807) is 26.4 Å². The standard InChI is InChI=1S/C23H29BrN2O5S/c1-16(21-14-20(30-2)7-8-22(21)31-3)25-23(27)18-9-11-26(12-10-18)32(28,29)15-17-5-4-6-19(24)13-17/h4-8,13-14,16,18H,9-12,15H2,1-3H3,(H,25,27). The number of hydrogen-bond donors (Lipinski definition) is 1. The maximum absolute atomic E-state index is 12.9. The monoisotopic (exact) mass is 524 g/mol. The molecule has 1 unspecified atom stereocenters. The number of sulfonamides is 1. The van der Waals surface area contributed by atoms with Crippen LogP contribution in [0.2, 0.25) is 0 Å². The predicted octanol–water partition coefficient (Wildman–Crippen LogP) is 3.89. The molecule has 0 radical (unpaired) electrons. The summed E-state index contributed by atoms with van der Waals surface area (Å²) in [6.07, 6.45) is 0.983. The van der Waals surface area contributed by atoms with E-state index in [1.807, 2.05) is 37.3 Å². The second-order valence-corrected chi connectivity index (χ2v) is 10.8. The number of hydrogen-bond acceptors (Lipinski definition) is 5. The van der Waals surface area contributed by atoms with Gasteiger partial charge in [0.15, 0.2) is 0 Å². The molecule has 174 valence electrons. The lowest BCUT2D eigenvalue weighted by atomic mass is 9.96. The molecule has 0 aromatic heterocycles. The van der Waals surface area contributed by atoms with Gasteiger partial charge < -0.3 is 14.8 Å². The van der Waals surface area contributed by atoms with Gasteiger partial charge in [0.05, 0.1) is 26.0 Å². The number of carbonyl (C=O) groups is 1. The van der Waals surface area contributed by atoms with Crippen LogP contribution in [0.1, 0.15) is 36.9 Å². The second kappa shape index (κ2) is 10.7. The van der Waals surface area contributed by atoms with Gasteiger partial charge in [0.1, 0.15) is 11.5 Å². The van der Waals surface area contributed by atoms with Gasteiger partial charge in [-0.3, -0.25) is 4.79 Å². The summed E-state index contributed by atoms with van der Waals surface area (Å²) in [4.78, 5) is 12.9. The summed E-state index contributed by atoms with van der Waals surface area (Å²) < 4.78 is 38.7. The van der Waals surface area contributed by atoms with Gasteiger partial charge in [-0.05, 0) is 55.7 Å². The van der Waals surface area contributed by atoms with Crippen molar-refractivity contribution in [2.75, 3.05) is 27.3 Å². The largest absolute Gasteiger partial charge is 0.497 e. The van der Waals surface area contributed by atoms with Gasteiger partial charge in [-0.15, -0.1) is 0 Å². The van der Waals surface area contributed by atoms with Gasteiger partial charge in [0, 0.05) is 29.0 Å². The zero-order chi connectivity index (χ0) is 23.3. The maximum atomic E-state index is 12.9. The molecule has 1 N–H and O–H groups in total. The molecule has 1 saturated heterocycles. The number of rotatable bonds is 8. The molecular weight excluding hydrogens is 496 g/mol. The van der Waals surface area contributed by atoms with E-state index in [0.717, 1.165) is 15.6 Å². The molecule has 0 aliphatic carbocycles. The van der Waals surface area contributed by atoms with Crippen LogP contribution in [0.4, 0.5) is 0 Å². The SMILES string of the molecule is COc1ccc(OC)c(C(C)NC(=O)C2CCN(S(=O)(=O)Cc3cccc(Br)c3)CC2)c1. The number of benzene rings is 2. The van der Waals surface area contributed by atoms with Gasteiger partial charge in [0.25, 0.3) is 0 Å². The molecule has 9 heteroatoms. The maximum Gasteiger partial charge on any atom is 0.223 e. The number of ether oxygens (including phenoxy) is 2. The highest BCUT2D eigenvalue weighted by molar-refractivity contribution is 9.10. The van der Waals surface area contributed by atoms with E-state index in [-0.39, 0.29) is 23.6 Å². The van der Waals surface area contributed by atoms with E-state index in [1.165, 1.54) is 4.31 Å². The fraction of sp³-hybridized carbons (Fsp3) is 0.435. The average molecular weight is 525 g/mol. The molecule has 3 rings (SSSR count). The minimum Gasteiger partial charge on any atom is -0.497 e. The molecule has 0 saturated carbocycles. The van der Waals surface area contributed by atoms with Crippen molar-refractivity contribution in [2.45, 2.75) is 31.6 Å². The fourth-order valence-corrected chi connectivity index (χ4v) is 5.91. The Morgan fingerprint density at radius 2 is 1.88 bits per heavy atom. The number of carbonyl (C=O) groups excluding carboxylic acids is 1. The van der Waals surface area contributed by atoms with Crippen molar-refractivity contribution in [1.29, 1.82) is 0 Å². The third-order valence-electron chi connectivity index (χ3n) is 5.72. The fourth-order valence-electron chi connectivity index (χ4n) is 3.91. The summed E-state index contributed by atoms with van der Waals surface area (Å²) in [6, 6.07) is 12.5. The summed E-state index contributed by atoms with van der Waals surface area (Å²) in [7, 11) is -0.257. The summed E-state index contributed by atoms with van der Waals surface area (Å²) in [5.74, 6) is 1.01. The lowest BCUT2D eigenvalue weighted by molar-refractivity contribution is -0.126. The van der Waals surface area contributed by atoms with Crippen molar-refractivity contribution < 1.29 is 22.7 Å². The van der Waals surface area contributed by atoms with E-state index in [2.05, 4.69) is 21.2 Å². The van der Waals surface area contributed by atoms with Crippen molar-refractivity contribution in [1.82, 2.24) is 9.62 Å². The molecule has 32 heavy (non-hydrogen) atoms. The van der Waals surface area contributed by atoms with Crippen molar-refractivity contribution in [3.63, 3.8) is 0 Å². The Morgan fingerprint density at radius 3 is 2.50 bits per heavy atom. The molecule has 7 nitrogen and oxygen atoms in total. The quantitative estimate of drug-likeness (QED) is 0.566. The smallest absolute Gasteiger partial charge is 0.223 e. The van der Waals surface area contributed by atoms with Crippen LogP contribution < -0.4 is 14.8 Å². The van der Waals surface area contributed by atoms with Crippen LogP contribution in [0, 0.1) is 5.92 Å². The lowest BCUT2D eigenvalue weighted by Crippen LogP contribution is -2.43. The summed E-state index contributed by atoms with van der Waals surface area (Å²) >= 11 is 3.38. The number of nitrogens with one attached hydrogen (secondary N) is 1. The van der Waals surface area contributed by atoms with E-state index in [4.69, 9.17) is 9.47 Å². The molecule has 1 aliphatic rings. The average Bonchev–Trinajstić information content (AvgIpc) is 2.78. The topological polar surface area (TPSA) is 84.9 Å². The molecular formula is C23H29BrN2O5S. The Hall–Kier alpha value is -2.10. The number of nitrogens with zero attached hydrogens (tertiary/aromatic N) is 1. The van der Waals surface area contributed by atoms with E-state index >= 15 is 0 Å². The van der Waals surface area contributed by atoms with Crippen LogP contribution in [0.25, 0.3) is 0 Å². The first-order chi connectivity index (χ1) is 15.2. The zero-order valence-corrected chi connectivity index (χ0v) is 20.9. The van der Waals surface area contributed by atoms with Crippen molar-refractivity contribution >= 4 is 31.9 Å². The predicted molar refractivity (Wildman–Crippen MR) is 127 cm³/mol. The van der Waals surface area contributed by atoms with Crippen molar-refractivity contribution in [3.05, 3.63) is 58.1 Å². The van der Waals surface area contributed by atoms with Crippen LogP contribution in [0.3, 0.4) is 0 Å². The van der Waals surface area contributed by atoms with Crippen LogP contribution in [-0.4, -0.2) is 45.9 Å². The number of amides is 1. The van der Waals surface area contributed by atoms with Crippen LogP contribution in [0.15, 0.2) is 46.9 Å². The third-order valence-corrected chi connectivity index (χ3v) is 8.06. The van der Waals surface area contributed by atoms with Crippen molar-refractivity contribution in [3.8, 4) is 11.5 Å². The third kappa shape index (κ3) is 6.02. The number of halogens is 1. The second-order valence-electron chi connectivity index (χ2n) is 7.90. The number of methoxy groups -OCH3 is 2. The minimum atomic E-state index is -3.43.